The van der Waals surface area contributed by atoms with Crippen molar-refractivity contribution in [1.29, 1.82) is 0 Å². The third kappa shape index (κ3) is 3.56. The van der Waals surface area contributed by atoms with Crippen molar-refractivity contribution < 1.29 is 9.50 Å². The number of aliphatic hydroxyl groups is 1. The molecule has 94 valence electrons. The Labute approximate surface area is 111 Å². The van der Waals surface area contributed by atoms with Gasteiger partial charge in [0, 0.05) is 11.4 Å². The van der Waals surface area contributed by atoms with Crippen molar-refractivity contribution in [2.24, 2.45) is 0 Å². The topological polar surface area (TPSA) is 20.2 Å². The first-order valence-corrected chi connectivity index (χ1v) is 6.19. The molecule has 0 aliphatic carbocycles. The fourth-order valence-corrected chi connectivity index (χ4v) is 2.11. The summed E-state index contributed by atoms with van der Waals surface area (Å²) in [5, 5.41) is 10.4. The van der Waals surface area contributed by atoms with Crippen LogP contribution >= 0.6 is 11.6 Å². The fourth-order valence-electron chi connectivity index (χ4n) is 1.91. The molecular weight excluding hydrogens is 251 g/mol. The highest BCUT2D eigenvalue weighted by molar-refractivity contribution is 6.30. The number of halogens is 2. The van der Waals surface area contributed by atoms with E-state index in [4.69, 9.17) is 11.6 Å². The molecule has 0 radical (unpaired) electrons. The van der Waals surface area contributed by atoms with Crippen molar-refractivity contribution in [1.82, 2.24) is 0 Å². The molecule has 0 spiro atoms. The van der Waals surface area contributed by atoms with E-state index < -0.39 is 6.10 Å². The van der Waals surface area contributed by atoms with Gasteiger partial charge in [-0.15, -0.1) is 0 Å². The molecule has 0 saturated carbocycles. The summed E-state index contributed by atoms with van der Waals surface area (Å²) < 4.78 is 13.5. The summed E-state index contributed by atoms with van der Waals surface area (Å²) in [7, 11) is 0. The molecule has 2 rings (SSSR count). The Balaban J connectivity index is 2.03. The van der Waals surface area contributed by atoms with Gasteiger partial charge in [0.1, 0.15) is 5.82 Å². The van der Waals surface area contributed by atoms with Gasteiger partial charge >= 0.3 is 0 Å². The van der Waals surface area contributed by atoms with E-state index in [1.807, 2.05) is 30.3 Å². The Hall–Kier alpha value is -1.38. The Morgan fingerprint density at radius 3 is 2.50 bits per heavy atom. The summed E-state index contributed by atoms with van der Waals surface area (Å²) in [4.78, 5) is 0. The van der Waals surface area contributed by atoms with Crippen LogP contribution in [0, 0.1) is 5.82 Å². The Morgan fingerprint density at radius 1 is 1.06 bits per heavy atom. The average Bonchev–Trinajstić information content (AvgIpc) is 2.35. The maximum atomic E-state index is 13.5. The highest BCUT2D eigenvalue weighted by Crippen LogP contribution is 2.17. The number of benzene rings is 2. The molecule has 0 saturated heterocycles. The zero-order chi connectivity index (χ0) is 13.0. The van der Waals surface area contributed by atoms with Gasteiger partial charge in [-0.2, -0.15) is 0 Å². The van der Waals surface area contributed by atoms with Crippen LogP contribution in [0.15, 0.2) is 48.5 Å². The van der Waals surface area contributed by atoms with Crippen LogP contribution in [0.5, 0.6) is 0 Å². The lowest BCUT2D eigenvalue weighted by molar-refractivity contribution is 0.174. The van der Waals surface area contributed by atoms with E-state index in [1.54, 1.807) is 6.07 Å². The first-order valence-electron chi connectivity index (χ1n) is 5.81. The third-order valence-electron chi connectivity index (χ3n) is 2.78. The predicted octanol–water partition coefficient (Wildman–Crippen LogP) is 3.63. The first-order chi connectivity index (χ1) is 8.65. The summed E-state index contributed by atoms with van der Waals surface area (Å²) in [6.45, 7) is 0. The van der Waals surface area contributed by atoms with Gasteiger partial charge in [-0.3, -0.25) is 0 Å². The van der Waals surface area contributed by atoms with Gasteiger partial charge < -0.3 is 5.11 Å². The van der Waals surface area contributed by atoms with Crippen LogP contribution < -0.4 is 0 Å². The zero-order valence-corrected chi connectivity index (χ0v) is 10.6. The summed E-state index contributed by atoms with van der Waals surface area (Å²) in [5.74, 6) is -0.327. The lowest BCUT2D eigenvalue weighted by atomic mass is 10.0. The quantitative estimate of drug-likeness (QED) is 0.894. The molecule has 0 amide bonds. The second-order valence-corrected chi connectivity index (χ2v) is 4.72. The second kappa shape index (κ2) is 5.98. The summed E-state index contributed by atoms with van der Waals surface area (Å²) in [6.07, 6.45) is 0.161. The lowest BCUT2D eigenvalue weighted by Gasteiger charge is -2.11. The van der Waals surface area contributed by atoms with Crippen molar-refractivity contribution >= 4 is 11.6 Å². The minimum Gasteiger partial charge on any atom is -0.392 e. The van der Waals surface area contributed by atoms with E-state index >= 15 is 0 Å². The van der Waals surface area contributed by atoms with Crippen LogP contribution in [0.4, 0.5) is 4.39 Å². The molecule has 1 nitrogen and oxygen atoms in total. The van der Waals surface area contributed by atoms with Crippen LogP contribution in [0.25, 0.3) is 0 Å². The molecule has 2 aromatic rings. The van der Waals surface area contributed by atoms with E-state index in [9.17, 15) is 9.50 Å². The number of hydrogen-bond acceptors (Lipinski definition) is 1. The molecular formula is C15H14ClFO. The lowest BCUT2D eigenvalue weighted by Crippen LogP contribution is -2.14. The first kappa shape index (κ1) is 13.1. The maximum absolute atomic E-state index is 13.5. The minimum atomic E-state index is -0.611. The SMILES string of the molecule is OC(Cc1ccccc1)Cc1cc(Cl)ccc1F. The summed E-state index contributed by atoms with van der Waals surface area (Å²) >= 11 is 5.81. The highest BCUT2D eigenvalue weighted by atomic mass is 35.5. The van der Waals surface area contributed by atoms with Crippen LogP contribution in [-0.2, 0) is 12.8 Å². The molecule has 2 aromatic carbocycles. The molecule has 3 heteroatoms. The van der Waals surface area contributed by atoms with Crippen LogP contribution in [-0.4, -0.2) is 11.2 Å². The van der Waals surface area contributed by atoms with Gasteiger partial charge in [0.25, 0.3) is 0 Å². The highest BCUT2D eigenvalue weighted by Gasteiger charge is 2.10. The van der Waals surface area contributed by atoms with Crippen molar-refractivity contribution in [3.8, 4) is 0 Å². The molecule has 0 aliphatic rings. The number of aliphatic hydroxyl groups excluding tert-OH is 1. The molecule has 0 aliphatic heterocycles. The summed E-state index contributed by atoms with van der Waals surface area (Å²) in [5.41, 5.74) is 1.48. The third-order valence-corrected chi connectivity index (χ3v) is 3.01. The second-order valence-electron chi connectivity index (χ2n) is 4.28. The zero-order valence-electron chi connectivity index (χ0n) is 9.81. The van der Waals surface area contributed by atoms with Gasteiger partial charge in [0.15, 0.2) is 0 Å². The predicted molar refractivity (Wildman–Crippen MR) is 71.3 cm³/mol. The van der Waals surface area contributed by atoms with Crippen molar-refractivity contribution in [3.05, 3.63) is 70.5 Å². The minimum absolute atomic E-state index is 0.265. The molecule has 1 N–H and O–H groups in total. The molecule has 1 atom stereocenters. The largest absolute Gasteiger partial charge is 0.392 e. The Morgan fingerprint density at radius 2 is 1.78 bits per heavy atom. The van der Waals surface area contributed by atoms with E-state index in [-0.39, 0.29) is 12.2 Å². The van der Waals surface area contributed by atoms with Crippen LogP contribution in [0.1, 0.15) is 11.1 Å². The standard InChI is InChI=1S/C15H14ClFO/c16-13-6-7-15(17)12(9-13)10-14(18)8-11-4-2-1-3-5-11/h1-7,9,14,18H,8,10H2. The Kier molecular flexibility index (Phi) is 4.34. The molecule has 0 aromatic heterocycles. The van der Waals surface area contributed by atoms with E-state index in [2.05, 4.69) is 0 Å². The smallest absolute Gasteiger partial charge is 0.126 e. The van der Waals surface area contributed by atoms with Crippen LogP contribution in [0.2, 0.25) is 5.02 Å². The maximum Gasteiger partial charge on any atom is 0.126 e. The van der Waals surface area contributed by atoms with Gasteiger partial charge in [-0.05, 0) is 35.7 Å². The van der Waals surface area contributed by atoms with Gasteiger partial charge in [0.2, 0.25) is 0 Å². The normalized spacial score (nSPS) is 12.4. The molecule has 18 heavy (non-hydrogen) atoms. The van der Waals surface area contributed by atoms with E-state index in [0.717, 1.165) is 5.56 Å². The molecule has 0 bridgehead atoms. The average molecular weight is 265 g/mol. The fraction of sp³-hybridized carbons (Fsp3) is 0.200. The van der Waals surface area contributed by atoms with Gasteiger partial charge in [0.05, 0.1) is 6.10 Å². The van der Waals surface area contributed by atoms with E-state index in [1.165, 1.54) is 12.1 Å². The van der Waals surface area contributed by atoms with Crippen molar-refractivity contribution in [2.45, 2.75) is 18.9 Å². The monoisotopic (exact) mass is 264 g/mol. The molecule has 0 heterocycles. The molecule has 0 fully saturated rings. The van der Waals surface area contributed by atoms with Crippen molar-refractivity contribution in [3.63, 3.8) is 0 Å². The van der Waals surface area contributed by atoms with Gasteiger partial charge in [-0.1, -0.05) is 41.9 Å². The van der Waals surface area contributed by atoms with Crippen molar-refractivity contribution in [2.75, 3.05) is 0 Å². The Bertz CT molecular complexity index is 513. The summed E-state index contributed by atoms with van der Waals surface area (Å²) in [6, 6.07) is 14.0. The van der Waals surface area contributed by atoms with Gasteiger partial charge in [-0.25, -0.2) is 4.39 Å². The molecule has 1 unspecified atom stereocenters. The number of rotatable bonds is 4. The number of hydrogen-bond donors (Lipinski definition) is 1. The van der Waals surface area contributed by atoms with Crippen LogP contribution in [0.3, 0.4) is 0 Å². The van der Waals surface area contributed by atoms with E-state index in [0.29, 0.717) is 17.0 Å².